The highest BCUT2D eigenvalue weighted by Gasteiger charge is 2.30. The summed E-state index contributed by atoms with van der Waals surface area (Å²) in [6, 6.07) is 9.18. The average Bonchev–Trinajstić information content (AvgIpc) is 3.45. The van der Waals surface area contributed by atoms with Crippen LogP contribution in [0, 0.1) is 19.8 Å². The lowest BCUT2D eigenvalue weighted by atomic mass is 9.94. The first-order valence-corrected chi connectivity index (χ1v) is 12.1. The molecule has 2 fully saturated rings. The fourth-order valence-corrected chi connectivity index (χ4v) is 5.32. The maximum atomic E-state index is 13.2. The SMILES string of the molecule is Cc1ccccc1CCN1CCC(CN(C(=O)Cn2ccnc2C)C2CCCC2)CC1. The Morgan fingerprint density at radius 1 is 1.10 bits per heavy atom. The van der Waals surface area contributed by atoms with Gasteiger partial charge in [-0.15, -0.1) is 0 Å². The van der Waals surface area contributed by atoms with Gasteiger partial charge in [-0.1, -0.05) is 37.1 Å². The highest BCUT2D eigenvalue weighted by Crippen LogP contribution is 2.27. The molecule has 1 saturated heterocycles. The summed E-state index contributed by atoms with van der Waals surface area (Å²) in [5, 5.41) is 0. The molecule has 0 unspecified atom stereocenters. The fourth-order valence-electron chi connectivity index (χ4n) is 5.32. The van der Waals surface area contributed by atoms with Crippen LogP contribution in [0.15, 0.2) is 36.7 Å². The molecule has 5 nitrogen and oxygen atoms in total. The summed E-state index contributed by atoms with van der Waals surface area (Å²) in [4.78, 5) is 22.4. The molecule has 2 heterocycles. The van der Waals surface area contributed by atoms with Gasteiger partial charge in [-0.3, -0.25) is 4.79 Å². The number of benzene rings is 1. The third-order valence-corrected chi connectivity index (χ3v) is 7.44. The summed E-state index contributed by atoms with van der Waals surface area (Å²) in [5.74, 6) is 1.82. The molecule has 2 aliphatic rings. The zero-order valence-corrected chi connectivity index (χ0v) is 19.3. The first-order chi connectivity index (χ1) is 15.1. The molecule has 5 heteroatoms. The molecule has 1 saturated carbocycles. The van der Waals surface area contributed by atoms with Crippen molar-refractivity contribution in [2.45, 2.75) is 71.4 Å². The summed E-state index contributed by atoms with van der Waals surface area (Å²) >= 11 is 0. The molecule has 0 radical (unpaired) electrons. The van der Waals surface area contributed by atoms with E-state index < -0.39 is 0 Å². The smallest absolute Gasteiger partial charge is 0.242 e. The van der Waals surface area contributed by atoms with Crippen LogP contribution >= 0.6 is 0 Å². The van der Waals surface area contributed by atoms with E-state index in [1.807, 2.05) is 17.7 Å². The molecule has 1 amide bonds. The van der Waals surface area contributed by atoms with Crippen LogP contribution in [-0.4, -0.2) is 57.5 Å². The summed E-state index contributed by atoms with van der Waals surface area (Å²) in [7, 11) is 0. The standard InChI is InChI=1S/C26H38N4O/c1-21-7-3-4-8-24(21)13-17-28-15-11-23(12-16-28)19-30(25-9-5-6-10-25)26(31)20-29-18-14-27-22(29)2/h3-4,7-8,14,18,23,25H,5-6,9-13,15-17,19-20H2,1-2H3. The molecule has 1 aliphatic heterocycles. The van der Waals surface area contributed by atoms with Gasteiger partial charge in [0, 0.05) is 31.5 Å². The largest absolute Gasteiger partial charge is 0.338 e. The highest BCUT2D eigenvalue weighted by atomic mass is 16.2. The number of carbonyl (C=O) groups excluding carboxylic acids is 1. The zero-order chi connectivity index (χ0) is 21.6. The Balaban J connectivity index is 1.29. The Bertz CT molecular complexity index is 847. The van der Waals surface area contributed by atoms with Gasteiger partial charge in [0.2, 0.25) is 5.91 Å². The molecule has 0 bridgehead atoms. The van der Waals surface area contributed by atoms with Gasteiger partial charge >= 0.3 is 0 Å². The van der Waals surface area contributed by atoms with Crippen molar-refractivity contribution >= 4 is 5.91 Å². The van der Waals surface area contributed by atoms with Crippen molar-refractivity contribution < 1.29 is 4.79 Å². The van der Waals surface area contributed by atoms with Crippen LogP contribution in [0.3, 0.4) is 0 Å². The predicted octanol–water partition coefficient (Wildman–Crippen LogP) is 4.23. The molecule has 0 spiro atoms. The van der Waals surface area contributed by atoms with E-state index in [1.165, 1.54) is 49.7 Å². The molecule has 0 atom stereocenters. The number of hydrogen-bond donors (Lipinski definition) is 0. The number of amides is 1. The van der Waals surface area contributed by atoms with E-state index in [0.717, 1.165) is 38.4 Å². The Kier molecular flexibility index (Phi) is 7.44. The van der Waals surface area contributed by atoms with Crippen LogP contribution in [0.25, 0.3) is 0 Å². The molecular weight excluding hydrogens is 384 g/mol. The number of carbonyl (C=O) groups is 1. The molecule has 1 aliphatic carbocycles. The number of hydrogen-bond acceptors (Lipinski definition) is 3. The molecule has 0 N–H and O–H groups in total. The van der Waals surface area contributed by atoms with Gasteiger partial charge < -0.3 is 14.4 Å². The fraction of sp³-hybridized carbons (Fsp3) is 0.615. The van der Waals surface area contributed by atoms with E-state index in [2.05, 4.69) is 46.0 Å². The lowest BCUT2D eigenvalue weighted by molar-refractivity contribution is -0.135. The number of aryl methyl sites for hydroxylation is 2. The van der Waals surface area contributed by atoms with Crippen molar-refractivity contribution in [1.29, 1.82) is 0 Å². The van der Waals surface area contributed by atoms with Gasteiger partial charge in [-0.05, 0) is 76.1 Å². The van der Waals surface area contributed by atoms with Crippen LogP contribution in [-0.2, 0) is 17.8 Å². The number of imidazole rings is 1. The van der Waals surface area contributed by atoms with E-state index >= 15 is 0 Å². The van der Waals surface area contributed by atoms with Crippen LogP contribution in [0.1, 0.15) is 55.5 Å². The Morgan fingerprint density at radius 3 is 2.52 bits per heavy atom. The van der Waals surface area contributed by atoms with Crippen molar-refractivity contribution in [2.24, 2.45) is 5.92 Å². The third kappa shape index (κ3) is 5.76. The summed E-state index contributed by atoms with van der Waals surface area (Å²) in [5.41, 5.74) is 2.87. The minimum Gasteiger partial charge on any atom is -0.338 e. The maximum absolute atomic E-state index is 13.2. The molecule has 1 aromatic carbocycles. The molecule has 4 rings (SSSR count). The summed E-state index contributed by atoms with van der Waals surface area (Å²) in [6.07, 6.45) is 12.1. The first kappa shape index (κ1) is 22.1. The summed E-state index contributed by atoms with van der Waals surface area (Å²) in [6.45, 7) is 9.00. The molecule has 31 heavy (non-hydrogen) atoms. The van der Waals surface area contributed by atoms with E-state index in [0.29, 0.717) is 18.5 Å². The van der Waals surface area contributed by atoms with Crippen LogP contribution < -0.4 is 0 Å². The minimum absolute atomic E-state index is 0.273. The quantitative estimate of drug-likeness (QED) is 0.639. The number of aromatic nitrogens is 2. The second kappa shape index (κ2) is 10.4. The average molecular weight is 423 g/mol. The predicted molar refractivity (Wildman–Crippen MR) is 125 cm³/mol. The molecule has 2 aromatic rings. The van der Waals surface area contributed by atoms with Gasteiger partial charge in [-0.2, -0.15) is 0 Å². The Hall–Kier alpha value is -2.14. The van der Waals surface area contributed by atoms with E-state index in [-0.39, 0.29) is 5.91 Å². The van der Waals surface area contributed by atoms with Gasteiger partial charge in [0.25, 0.3) is 0 Å². The van der Waals surface area contributed by atoms with Gasteiger partial charge in [0.15, 0.2) is 0 Å². The van der Waals surface area contributed by atoms with E-state index in [1.54, 1.807) is 6.20 Å². The van der Waals surface area contributed by atoms with Crippen molar-refractivity contribution in [2.75, 3.05) is 26.2 Å². The topological polar surface area (TPSA) is 41.4 Å². The van der Waals surface area contributed by atoms with Crippen LogP contribution in [0.2, 0.25) is 0 Å². The number of likely N-dealkylation sites (tertiary alicyclic amines) is 1. The number of nitrogens with zero attached hydrogens (tertiary/aromatic N) is 4. The third-order valence-electron chi connectivity index (χ3n) is 7.44. The van der Waals surface area contributed by atoms with Crippen molar-refractivity contribution in [3.05, 3.63) is 53.6 Å². The lowest BCUT2D eigenvalue weighted by Gasteiger charge is -2.37. The highest BCUT2D eigenvalue weighted by molar-refractivity contribution is 5.76. The first-order valence-electron chi connectivity index (χ1n) is 12.1. The van der Waals surface area contributed by atoms with E-state index in [9.17, 15) is 4.79 Å². The van der Waals surface area contributed by atoms with Crippen LogP contribution in [0.4, 0.5) is 0 Å². The molecule has 1 aromatic heterocycles. The minimum atomic E-state index is 0.273. The lowest BCUT2D eigenvalue weighted by Crippen LogP contribution is -2.46. The molecule has 168 valence electrons. The monoisotopic (exact) mass is 422 g/mol. The summed E-state index contributed by atoms with van der Waals surface area (Å²) < 4.78 is 1.98. The maximum Gasteiger partial charge on any atom is 0.242 e. The number of piperidine rings is 1. The Morgan fingerprint density at radius 2 is 1.84 bits per heavy atom. The normalized spacial score (nSPS) is 18.5. The van der Waals surface area contributed by atoms with Crippen molar-refractivity contribution in [1.82, 2.24) is 19.4 Å². The van der Waals surface area contributed by atoms with Crippen molar-refractivity contribution in [3.8, 4) is 0 Å². The second-order valence-electron chi connectivity index (χ2n) is 9.55. The molecular formula is C26H38N4O. The van der Waals surface area contributed by atoms with E-state index in [4.69, 9.17) is 0 Å². The second-order valence-corrected chi connectivity index (χ2v) is 9.55. The van der Waals surface area contributed by atoms with Crippen molar-refractivity contribution in [3.63, 3.8) is 0 Å². The van der Waals surface area contributed by atoms with Gasteiger partial charge in [0.1, 0.15) is 12.4 Å². The van der Waals surface area contributed by atoms with Crippen LogP contribution in [0.5, 0.6) is 0 Å². The zero-order valence-electron chi connectivity index (χ0n) is 19.3. The van der Waals surface area contributed by atoms with Gasteiger partial charge in [0.05, 0.1) is 0 Å². The Labute approximate surface area is 187 Å². The van der Waals surface area contributed by atoms with Gasteiger partial charge in [-0.25, -0.2) is 4.98 Å². The number of rotatable bonds is 8.